The average molecular weight is 280 g/mol. The molecule has 0 saturated heterocycles. The molecule has 0 saturated carbocycles. The molecule has 0 aliphatic heterocycles. The molecule has 2 rings (SSSR count). The Morgan fingerprint density at radius 3 is 2.79 bits per heavy atom. The molecule has 0 spiro atoms. The van der Waals surface area contributed by atoms with Crippen molar-refractivity contribution in [1.82, 2.24) is 9.78 Å². The van der Waals surface area contributed by atoms with Crippen LogP contribution in [0.1, 0.15) is 23.0 Å². The quantitative estimate of drug-likeness (QED) is 0.902. The summed E-state index contributed by atoms with van der Waals surface area (Å²) in [6.07, 6.45) is 0.821. The summed E-state index contributed by atoms with van der Waals surface area (Å²) in [5, 5.41) is 16.9. The van der Waals surface area contributed by atoms with Crippen LogP contribution in [-0.4, -0.2) is 20.9 Å². The van der Waals surface area contributed by atoms with Crippen LogP contribution >= 0.6 is 11.6 Å². The highest BCUT2D eigenvalue weighted by molar-refractivity contribution is 6.31. The van der Waals surface area contributed by atoms with E-state index in [1.54, 1.807) is 23.9 Å². The Morgan fingerprint density at radius 1 is 1.47 bits per heavy atom. The van der Waals surface area contributed by atoms with Crippen molar-refractivity contribution >= 4 is 29.1 Å². The first-order valence-electron chi connectivity index (χ1n) is 5.84. The standard InChI is InChI=1S/C13H14ClN3O2/c1-3-9-7-12(17(2)16-9)15-11-5-4-8(14)6-10(11)13(18)19/h4-7,15H,3H2,1-2H3,(H,18,19). The minimum absolute atomic E-state index is 0.131. The van der Waals surface area contributed by atoms with E-state index >= 15 is 0 Å². The molecule has 0 aliphatic carbocycles. The van der Waals surface area contributed by atoms with Crippen molar-refractivity contribution in [3.8, 4) is 0 Å². The molecule has 19 heavy (non-hydrogen) atoms. The van der Waals surface area contributed by atoms with E-state index in [1.165, 1.54) is 6.07 Å². The van der Waals surface area contributed by atoms with Crippen LogP contribution in [0.3, 0.4) is 0 Å². The zero-order valence-electron chi connectivity index (χ0n) is 10.6. The highest BCUT2D eigenvalue weighted by Gasteiger charge is 2.12. The van der Waals surface area contributed by atoms with E-state index < -0.39 is 5.97 Å². The minimum atomic E-state index is -1.03. The minimum Gasteiger partial charge on any atom is -0.478 e. The van der Waals surface area contributed by atoms with Crippen LogP contribution in [0.5, 0.6) is 0 Å². The number of benzene rings is 1. The molecule has 6 heteroatoms. The maximum Gasteiger partial charge on any atom is 0.337 e. The van der Waals surface area contributed by atoms with Crippen LogP contribution in [0.2, 0.25) is 5.02 Å². The molecule has 2 N–H and O–H groups in total. The molecule has 0 aliphatic rings. The number of carboxylic acids is 1. The van der Waals surface area contributed by atoms with Gasteiger partial charge >= 0.3 is 5.97 Å². The highest BCUT2D eigenvalue weighted by atomic mass is 35.5. The maximum absolute atomic E-state index is 11.2. The zero-order valence-corrected chi connectivity index (χ0v) is 11.4. The van der Waals surface area contributed by atoms with Gasteiger partial charge in [-0.3, -0.25) is 4.68 Å². The van der Waals surface area contributed by atoms with E-state index in [-0.39, 0.29) is 5.56 Å². The number of anilines is 2. The smallest absolute Gasteiger partial charge is 0.337 e. The van der Waals surface area contributed by atoms with Crippen LogP contribution < -0.4 is 5.32 Å². The van der Waals surface area contributed by atoms with Crippen molar-refractivity contribution < 1.29 is 9.90 Å². The predicted octanol–water partition coefficient (Wildman–Crippen LogP) is 3.08. The van der Waals surface area contributed by atoms with E-state index in [0.29, 0.717) is 10.7 Å². The second kappa shape index (κ2) is 5.32. The van der Waals surface area contributed by atoms with Gasteiger partial charge in [-0.2, -0.15) is 5.10 Å². The number of rotatable bonds is 4. The fourth-order valence-corrected chi connectivity index (χ4v) is 1.93. The molecular weight excluding hydrogens is 266 g/mol. The molecule has 0 fully saturated rings. The number of hydrogen-bond donors (Lipinski definition) is 2. The number of nitrogens with zero attached hydrogens (tertiary/aromatic N) is 2. The molecule has 0 amide bonds. The predicted molar refractivity (Wildman–Crippen MR) is 74.3 cm³/mol. The summed E-state index contributed by atoms with van der Waals surface area (Å²) < 4.78 is 1.68. The van der Waals surface area contributed by atoms with Crippen LogP contribution in [-0.2, 0) is 13.5 Å². The van der Waals surface area contributed by atoms with Crippen LogP contribution in [0, 0.1) is 0 Å². The molecule has 1 aromatic carbocycles. The molecular formula is C13H14ClN3O2. The van der Waals surface area contributed by atoms with Gasteiger partial charge in [0.25, 0.3) is 0 Å². The third kappa shape index (κ3) is 2.88. The van der Waals surface area contributed by atoms with Crippen LogP contribution in [0.4, 0.5) is 11.5 Å². The fraction of sp³-hybridized carbons (Fsp3) is 0.231. The first-order chi connectivity index (χ1) is 9.01. The van der Waals surface area contributed by atoms with Crippen LogP contribution in [0.15, 0.2) is 24.3 Å². The zero-order chi connectivity index (χ0) is 14.0. The summed E-state index contributed by atoms with van der Waals surface area (Å²) in [7, 11) is 1.80. The summed E-state index contributed by atoms with van der Waals surface area (Å²) in [5.74, 6) is -0.287. The largest absolute Gasteiger partial charge is 0.478 e. The second-order valence-electron chi connectivity index (χ2n) is 4.12. The van der Waals surface area contributed by atoms with Gasteiger partial charge in [0.15, 0.2) is 0 Å². The van der Waals surface area contributed by atoms with Crippen LogP contribution in [0.25, 0.3) is 0 Å². The average Bonchev–Trinajstić information content (AvgIpc) is 2.72. The lowest BCUT2D eigenvalue weighted by Gasteiger charge is -2.09. The topological polar surface area (TPSA) is 67.2 Å². The third-order valence-corrected chi connectivity index (χ3v) is 3.00. The summed E-state index contributed by atoms with van der Waals surface area (Å²) in [6.45, 7) is 2.01. The van der Waals surface area contributed by atoms with E-state index in [2.05, 4.69) is 10.4 Å². The highest BCUT2D eigenvalue weighted by Crippen LogP contribution is 2.24. The number of aromatic carboxylic acids is 1. The Kier molecular flexibility index (Phi) is 3.76. The Hall–Kier alpha value is -2.01. The van der Waals surface area contributed by atoms with Gasteiger partial charge in [-0.1, -0.05) is 18.5 Å². The Labute approximate surface area is 115 Å². The first-order valence-corrected chi connectivity index (χ1v) is 6.22. The Balaban J connectivity index is 2.37. The van der Waals surface area contributed by atoms with Gasteiger partial charge in [-0.05, 0) is 24.6 Å². The van der Waals surface area contributed by atoms with Crippen molar-refractivity contribution in [1.29, 1.82) is 0 Å². The SMILES string of the molecule is CCc1cc(Nc2ccc(Cl)cc2C(=O)O)n(C)n1. The molecule has 0 atom stereocenters. The van der Waals surface area contributed by atoms with Crippen molar-refractivity contribution in [2.24, 2.45) is 7.05 Å². The molecule has 100 valence electrons. The van der Waals surface area contributed by atoms with Gasteiger partial charge < -0.3 is 10.4 Å². The summed E-state index contributed by atoms with van der Waals surface area (Å²) in [4.78, 5) is 11.2. The Morgan fingerprint density at radius 2 is 2.21 bits per heavy atom. The van der Waals surface area contributed by atoms with Gasteiger partial charge in [0.05, 0.1) is 16.9 Å². The summed E-state index contributed by atoms with van der Waals surface area (Å²) in [6, 6.07) is 6.60. The molecule has 0 radical (unpaired) electrons. The van der Waals surface area contributed by atoms with Gasteiger partial charge in [0, 0.05) is 18.1 Å². The lowest BCUT2D eigenvalue weighted by atomic mass is 10.2. The number of halogens is 1. The maximum atomic E-state index is 11.2. The van der Waals surface area contributed by atoms with Crippen molar-refractivity contribution in [3.63, 3.8) is 0 Å². The molecule has 2 aromatic rings. The first kappa shape index (κ1) is 13.4. The van der Waals surface area contributed by atoms with Crippen molar-refractivity contribution in [3.05, 3.63) is 40.5 Å². The lowest BCUT2D eigenvalue weighted by molar-refractivity contribution is 0.0698. The van der Waals surface area contributed by atoms with Gasteiger partial charge in [0.1, 0.15) is 5.82 Å². The van der Waals surface area contributed by atoms with Crippen molar-refractivity contribution in [2.45, 2.75) is 13.3 Å². The number of hydrogen-bond acceptors (Lipinski definition) is 3. The van der Waals surface area contributed by atoms with Crippen molar-refractivity contribution in [2.75, 3.05) is 5.32 Å². The van der Waals surface area contributed by atoms with Gasteiger partial charge in [0.2, 0.25) is 0 Å². The lowest BCUT2D eigenvalue weighted by Crippen LogP contribution is -2.05. The Bertz CT molecular complexity index is 622. The fourth-order valence-electron chi connectivity index (χ4n) is 1.76. The van der Waals surface area contributed by atoms with E-state index in [1.807, 2.05) is 13.0 Å². The normalized spacial score (nSPS) is 10.5. The molecule has 1 heterocycles. The number of carbonyl (C=O) groups is 1. The molecule has 1 aromatic heterocycles. The summed E-state index contributed by atoms with van der Waals surface area (Å²) in [5.41, 5.74) is 1.56. The monoisotopic (exact) mass is 279 g/mol. The summed E-state index contributed by atoms with van der Waals surface area (Å²) >= 11 is 5.81. The molecule has 0 unspecified atom stereocenters. The van der Waals surface area contributed by atoms with Gasteiger partial charge in [-0.15, -0.1) is 0 Å². The molecule has 0 bridgehead atoms. The van der Waals surface area contributed by atoms with Gasteiger partial charge in [-0.25, -0.2) is 4.79 Å². The third-order valence-electron chi connectivity index (χ3n) is 2.77. The van der Waals surface area contributed by atoms with E-state index in [4.69, 9.17) is 16.7 Å². The van der Waals surface area contributed by atoms with E-state index in [9.17, 15) is 4.79 Å². The van der Waals surface area contributed by atoms with E-state index in [0.717, 1.165) is 17.9 Å². The number of aromatic nitrogens is 2. The second-order valence-corrected chi connectivity index (χ2v) is 4.55. The number of aryl methyl sites for hydroxylation is 2. The number of nitrogens with one attached hydrogen (secondary N) is 1. The molecule has 5 nitrogen and oxygen atoms in total. The number of carboxylic acid groups (broad SMARTS) is 1.